The van der Waals surface area contributed by atoms with Gasteiger partial charge in [-0.3, -0.25) is 0 Å². The molecule has 0 aliphatic carbocycles. The van der Waals surface area contributed by atoms with Gasteiger partial charge in [0.05, 0.1) is 20.3 Å². The molecule has 0 aromatic heterocycles. The zero-order valence-corrected chi connectivity index (χ0v) is 8.46. The smallest absolute Gasteiger partial charge is 0.112 e. The zero-order valence-electron chi connectivity index (χ0n) is 7.57. The van der Waals surface area contributed by atoms with Gasteiger partial charge in [-0.25, -0.2) is 0 Å². The third-order valence-corrected chi connectivity index (χ3v) is 2.83. The molecule has 0 aromatic rings. The van der Waals surface area contributed by atoms with Crippen LogP contribution < -0.4 is 0 Å². The summed E-state index contributed by atoms with van der Waals surface area (Å²) < 4.78 is 6.18. The average Bonchev–Trinajstić information content (AvgIpc) is 2.05. The van der Waals surface area contributed by atoms with Gasteiger partial charge in [0.25, 0.3) is 0 Å². The van der Waals surface area contributed by atoms with E-state index in [9.17, 15) is 5.11 Å². The summed E-state index contributed by atoms with van der Waals surface area (Å²) in [5.74, 6) is 0.550. The van der Waals surface area contributed by atoms with Gasteiger partial charge in [0.2, 0.25) is 0 Å². The predicted molar refractivity (Wildman–Crippen MR) is 51.5 cm³/mol. The van der Waals surface area contributed by atoms with Crippen LogP contribution in [-0.4, -0.2) is 61.3 Å². The molecule has 1 aliphatic heterocycles. The number of hydrogen-bond donors (Lipinski definition) is 2. The molecule has 1 unspecified atom stereocenters. The van der Waals surface area contributed by atoms with Gasteiger partial charge in [0, 0.05) is 5.75 Å². The van der Waals surface area contributed by atoms with E-state index < -0.39 is 0 Å². The highest BCUT2D eigenvalue weighted by molar-refractivity contribution is 7.80. The lowest BCUT2D eigenvalue weighted by Gasteiger charge is -2.38. The molecule has 0 amide bonds. The van der Waals surface area contributed by atoms with Crippen LogP contribution in [0.25, 0.3) is 0 Å². The van der Waals surface area contributed by atoms with Crippen LogP contribution in [0.4, 0.5) is 0 Å². The third kappa shape index (κ3) is 2.94. The van der Waals surface area contributed by atoms with Crippen LogP contribution in [0.3, 0.4) is 0 Å². The lowest BCUT2D eigenvalue weighted by Crippen LogP contribution is -2.55. The van der Waals surface area contributed by atoms with E-state index in [0.717, 1.165) is 37.3 Å². The Morgan fingerprint density at radius 1 is 1.50 bits per heavy atom. The Bertz CT molecular complexity index is 137. The molecule has 1 aliphatic rings. The van der Waals surface area contributed by atoms with E-state index in [0.29, 0.717) is 5.75 Å². The Morgan fingerprint density at radius 2 is 2.08 bits per heavy atom. The maximum absolute atomic E-state index is 9.44. The highest BCUT2D eigenvalue weighted by Crippen LogP contribution is 2.09. The molecular weight excluding hydrogens is 174 g/mol. The van der Waals surface area contributed by atoms with E-state index in [1.54, 1.807) is 0 Å². The van der Waals surface area contributed by atoms with E-state index >= 15 is 0 Å². The van der Waals surface area contributed by atoms with Crippen LogP contribution >= 0.6 is 12.6 Å². The normalized spacial score (nSPS) is 25.2. The lowest BCUT2D eigenvalue weighted by molar-refractivity contribution is -0.919. The number of quaternary nitrogens is 1. The second-order valence-corrected chi connectivity index (χ2v) is 4.06. The SMILES string of the molecule is C[N+]1(CC(O)CS)CCOCC1. The Kier molecular flexibility index (Phi) is 3.83. The Morgan fingerprint density at radius 3 is 2.58 bits per heavy atom. The minimum atomic E-state index is -0.281. The minimum absolute atomic E-state index is 0.281. The largest absolute Gasteiger partial charge is 0.386 e. The monoisotopic (exact) mass is 192 g/mol. The second-order valence-electron chi connectivity index (χ2n) is 3.70. The van der Waals surface area contributed by atoms with E-state index in [1.165, 1.54) is 0 Å². The molecular formula is C8H18NO2S+. The number of thiol groups is 1. The van der Waals surface area contributed by atoms with Gasteiger partial charge in [-0.05, 0) is 0 Å². The number of likely N-dealkylation sites (N-methyl/N-ethyl adjacent to an activating group) is 1. The summed E-state index contributed by atoms with van der Waals surface area (Å²) in [6.45, 7) is 4.44. The fourth-order valence-electron chi connectivity index (χ4n) is 1.53. The number of aliphatic hydroxyl groups excluding tert-OH is 1. The quantitative estimate of drug-likeness (QED) is 0.477. The first kappa shape index (κ1) is 10.3. The molecule has 0 radical (unpaired) electrons. The topological polar surface area (TPSA) is 29.5 Å². The molecule has 0 bridgehead atoms. The molecule has 0 saturated carbocycles. The van der Waals surface area contributed by atoms with Crippen molar-refractivity contribution in [1.29, 1.82) is 0 Å². The van der Waals surface area contributed by atoms with E-state index in [2.05, 4.69) is 19.7 Å². The van der Waals surface area contributed by atoms with Gasteiger partial charge in [0.15, 0.2) is 0 Å². The molecule has 1 saturated heterocycles. The molecule has 1 fully saturated rings. The van der Waals surface area contributed by atoms with Gasteiger partial charge in [0.1, 0.15) is 25.7 Å². The summed E-state index contributed by atoms with van der Waals surface area (Å²) in [6.07, 6.45) is -0.281. The van der Waals surface area contributed by atoms with E-state index in [4.69, 9.17) is 4.74 Å². The fourth-order valence-corrected chi connectivity index (χ4v) is 1.65. The van der Waals surface area contributed by atoms with Gasteiger partial charge in [-0.1, -0.05) is 0 Å². The van der Waals surface area contributed by atoms with Crippen molar-refractivity contribution in [2.75, 3.05) is 45.6 Å². The summed E-state index contributed by atoms with van der Waals surface area (Å²) in [5.41, 5.74) is 0. The standard InChI is InChI=1S/C8H17NO2S/c1-9(6-8(10)7-12)2-4-11-5-3-9/h8,10H,2-7H2,1H3/p+1. The number of nitrogens with zero attached hydrogens (tertiary/aromatic N) is 1. The second kappa shape index (κ2) is 4.46. The molecule has 1 heterocycles. The van der Waals surface area contributed by atoms with E-state index in [1.807, 2.05) is 0 Å². The molecule has 72 valence electrons. The minimum Gasteiger partial charge on any atom is -0.386 e. The molecule has 12 heavy (non-hydrogen) atoms. The van der Waals surface area contributed by atoms with Crippen LogP contribution in [0.2, 0.25) is 0 Å². The van der Waals surface area contributed by atoms with Crippen molar-refractivity contribution in [2.45, 2.75) is 6.10 Å². The van der Waals surface area contributed by atoms with Gasteiger partial charge >= 0.3 is 0 Å². The third-order valence-electron chi connectivity index (χ3n) is 2.41. The van der Waals surface area contributed by atoms with Crippen LogP contribution in [-0.2, 0) is 4.74 Å². The van der Waals surface area contributed by atoms with Crippen LogP contribution in [0, 0.1) is 0 Å². The number of rotatable bonds is 3. The number of morpholine rings is 1. The summed E-state index contributed by atoms with van der Waals surface area (Å²) in [4.78, 5) is 0. The number of aliphatic hydroxyl groups is 1. The van der Waals surface area contributed by atoms with Crippen molar-refractivity contribution in [3.05, 3.63) is 0 Å². The van der Waals surface area contributed by atoms with Crippen molar-refractivity contribution < 1.29 is 14.3 Å². The summed E-state index contributed by atoms with van der Waals surface area (Å²) in [7, 11) is 2.16. The first-order chi connectivity index (χ1) is 5.66. The maximum atomic E-state index is 9.44. The van der Waals surface area contributed by atoms with Gasteiger partial charge in [-0.15, -0.1) is 0 Å². The lowest BCUT2D eigenvalue weighted by atomic mass is 10.2. The number of ether oxygens (including phenoxy) is 1. The molecule has 1 N–H and O–H groups in total. The predicted octanol–water partition coefficient (Wildman–Crippen LogP) is -0.246. The highest BCUT2D eigenvalue weighted by atomic mass is 32.1. The Hall–Kier alpha value is 0.230. The molecule has 1 atom stereocenters. The van der Waals surface area contributed by atoms with Crippen LogP contribution in [0.1, 0.15) is 0 Å². The first-order valence-electron chi connectivity index (χ1n) is 4.36. The molecule has 3 nitrogen and oxygen atoms in total. The van der Waals surface area contributed by atoms with Crippen molar-refractivity contribution in [1.82, 2.24) is 0 Å². The molecule has 0 spiro atoms. The van der Waals surface area contributed by atoms with Crippen molar-refractivity contribution in [2.24, 2.45) is 0 Å². The Labute approximate surface area is 79.3 Å². The van der Waals surface area contributed by atoms with Crippen molar-refractivity contribution >= 4 is 12.6 Å². The molecule has 1 rings (SSSR count). The van der Waals surface area contributed by atoms with Gasteiger partial charge in [-0.2, -0.15) is 12.6 Å². The average molecular weight is 192 g/mol. The summed E-state index contributed by atoms with van der Waals surface area (Å²) in [6, 6.07) is 0. The van der Waals surface area contributed by atoms with Crippen molar-refractivity contribution in [3.8, 4) is 0 Å². The van der Waals surface area contributed by atoms with Crippen LogP contribution in [0.5, 0.6) is 0 Å². The molecule has 0 aromatic carbocycles. The fraction of sp³-hybridized carbons (Fsp3) is 1.00. The maximum Gasteiger partial charge on any atom is 0.112 e. The van der Waals surface area contributed by atoms with Crippen molar-refractivity contribution in [3.63, 3.8) is 0 Å². The zero-order chi connectivity index (χ0) is 9.03. The number of hydrogen-bond acceptors (Lipinski definition) is 3. The van der Waals surface area contributed by atoms with Gasteiger partial charge < -0.3 is 14.3 Å². The van der Waals surface area contributed by atoms with Crippen LogP contribution in [0.15, 0.2) is 0 Å². The Balaban J connectivity index is 2.35. The summed E-state index contributed by atoms with van der Waals surface area (Å²) in [5, 5.41) is 9.44. The first-order valence-corrected chi connectivity index (χ1v) is 5.00. The molecule has 4 heteroatoms. The van der Waals surface area contributed by atoms with E-state index in [-0.39, 0.29) is 6.10 Å². The summed E-state index contributed by atoms with van der Waals surface area (Å²) >= 11 is 4.06. The highest BCUT2D eigenvalue weighted by Gasteiger charge is 2.27.